The van der Waals surface area contributed by atoms with Gasteiger partial charge >= 0.3 is 0 Å². The van der Waals surface area contributed by atoms with Crippen molar-refractivity contribution in [1.82, 2.24) is 0 Å². The van der Waals surface area contributed by atoms with Crippen molar-refractivity contribution in [1.29, 1.82) is 0 Å². The Hall–Kier alpha value is -1.02. The number of anilines is 1. The smallest absolute Gasteiger partial charge is 0.0431 e. The highest BCUT2D eigenvalue weighted by Gasteiger charge is 1.94. The molecule has 0 radical (unpaired) electrons. The lowest BCUT2D eigenvalue weighted by Crippen LogP contribution is -2.02. The molecule has 0 heterocycles. The second-order valence-corrected chi connectivity index (χ2v) is 4.16. The molecular weight excluding hydrogens is 198 g/mol. The van der Waals surface area contributed by atoms with Crippen molar-refractivity contribution >= 4 is 5.69 Å². The van der Waals surface area contributed by atoms with Gasteiger partial charge in [-0.2, -0.15) is 0 Å². The molecule has 2 N–H and O–H groups in total. The van der Waals surface area contributed by atoms with E-state index in [0.717, 1.165) is 32.2 Å². The average Bonchev–Trinajstić information content (AvgIpc) is 2.30. The molecule has 0 aliphatic rings. The fourth-order valence-electron chi connectivity index (χ4n) is 1.77. The molecule has 90 valence electrons. The van der Waals surface area contributed by atoms with Gasteiger partial charge in [0.2, 0.25) is 0 Å². The largest absolute Gasteiger partial charge is 0.396 e. The highest BCUT2D eigenvalue weighted by atomic mass is 16.2. The maximum Gasteiger partial charge on any atom is 0.0431 e. The average molecular weight is 221 g/mol. The van der Waals surface area contributed by atoms with Crippen LogP contribution in [0.3, 0.4) is 0 Å². The molecule has 0 aliphatic carbocycles. The molecule has 0 spiro atoms. The van der Waals surface area contributed by atoms with Gasteiger partial charge in [-0.25, -0.2) is 0 Å². The molecule has 0 amide bonds. The third-order valence-corrected chi connectivity index (χ3v) is 2.63. The predicted molar refractivity (Wildman–Crippen MR) is 69.9 cm³/mol. The van der Waals surface area contributed by atoms with Gasteiger partial charge in [-0.3, -0.25) is 0 Å². The molecule has 0 aromatic heterocycles. The molecule has 2 heteroatoms. The normalized spacial score (nSPS) is 10.4. The summed E-state index contributed by atoms with van der Waals surface area (Å²) in [4.78, 5) is 0. The minimum atomic E-state index is 0.311. The first-order valence-electron chi connectivity index (χ1n) is 6.30. The summed E-state index contributed by atoms with van der Waals surface area (Å²) in [7, 11) is 0. The molecule has 2 nitrogen and oxygen atoms in total. The zero-order valence-electron chi connectivity index (χ0n) is 10.2. The SMILES string of the molecule is CCCc1cccc(NCCCCCO)c1. The van der Waals surface area contributed by atoms with E-state index < -0.39 is 0 Å². The van der Waals surface area contributed by atoms with E-state index in [1.165, 1.54) is 17.7 Å². The van der Waals surface area contributed by atoms with E-state index in [4.69, 9.17) is 5.11 Å². The van der Waals surface area contributed by atoms with Gasteiger partial charge in [0.25, 0.3) is 0 Å². The molecule has 16 heavy (non-hydrogen) atoms. The molecule has 0 unspecified atom stereocenters. The molecule has 0 bridgehead atoms. The number of benzene rings is 1. The molecule has 0 saturated heterocycles. The Balaban J connectivity index is 2.27. The first-order chi connectivity index (χ1) is 7.86. The quantitative estimate of drug-likeness (QED) is 0.661. The molecule has 0 saturated carbocycles. The summed E-state index contributed by atoms with van der Waals surface area (Å²) in [5.41, 5.74) is 2.62. The van der Waals surface area contributed by atoms with Crippen molar-refractivity contribution in [2.45, 2.75) is 39.0 Å². The minimum absolute atomic E-state index is 0.311. The Morgan fingerprint density at radius 2 is 2.06 bits per heavy atom. The molecule has 0 fully saturated rings. The summed E-state index contributed by atoms with van der Waals surface area (Å²) >= 11 is 0. The van der Waals surface area contributed by atoms with E-state index in [1.54, 1.807) is 0 Å². The summed E-state index contributed by atoms with van der Waals surface area (Å²) < 4.78 is 0. The topological polar surface area (TPSA) is 32.3 Å². The Morgan fingerprint density at radius 3 is 2.81 bits per heavy atom. The van der Waals surface area contributed by atoms with Gasteiger partial charge < -0.3 is 10.4 Å². The number of aliphatic hydroxyl groups excluding tert-OH is 1. The standard InChI is InChI=1S/C14H23NO/c1-2-7-13-8-6-9-14(12-13)15-10-4-3-5-11-16/h6,8-9,12,15-16H,2-5,7,10-11H2,1H3. The summed E-state index contributed by atoms with van der Waals surface area (Å²) in [6.07, 6.45) is 5.48. The van der Waals surface area contributed by atoms with E-state index in [1.807, 2.05) is 0 Å². The Labute approximate surface area is 98.7 Å². The third-order valence-electron chi connectivity index (χ3n) is 2.63. The summed E-state index contributed by atoms with van der Waals surface area (Å²) in [6.45, 7) is 3.51. The van der Waals surface area contributed by atoms with Crippen LogP contribution in [0.2, 0.25) is 0 Å². The molecular formula is C14H23NO. The molecule has 1 aromatic carbocycles. The highest BCUT2D eigenvalue weighted by Crippen LogP contribution is 2.12. The van der Waals surface area contributed by atoms with Gasteiger partial charge in [-0.1, -0.05) is 25.5 Å². The molecule has 0 atom stereocenters. The van der Waals surface area contributed by atoms with Crippen LogP contribution in [0.1, 0.15) is 38.2 Å². The van der Waals surface area contributed by atoms with Crippen molar-refractivity contribution in [2.24, 2.45) is 0 Å². The van der Waals surface area contributed by atoms with E-state index in [9.17, 15) is 0 Å². The number of hydrogen-bond acceptors (Lipinski definition) is 2. The monoisotopic (exact) mass is 221 g/mol. The van der Waals surface area contributed by atoms with Crippen LogP contribution in [0.5, 0.6) is 0 Å². The van der Waals surface area contributed by atoms with Crippen LogP contribution >= 0.6 is 0 Å². The molecule has 1 aromatic rings. The van der Waals surface area contributed by atoms with E-state index in [-0.39, 0.29) is 0 Å². The van der Waals surface area contributed by atoms with Crippen LogP contribution in [0.25, 0.3) is 0 Å². The summed E-state index contributed by atoms with van der Waals surface area (Å²) in [6, 6.07) is 8.64. The Morgan fingerprint density at radius 1 is 1.19 bits per heavy atom. The fourth-order valence-corrected chi connectivity index (χ4v) is 1.77. The maximum atomic E-state index is 8.66. The van der Waals surface area contributed by atoms with Crippen LogP contribution < -0.4 is 5.32 Å². The number of aryl methyl sites for hydroxylation is 1. The lowest BCUT2D eigenvalue weighted by molar-refractivity contribution is 0.283. The number of nitrogens with one attached hydrogen (secondary N) is 1. The van der Waals surface area contributed by atoms with Gasteiger partial charge in [0.05, 0.1) is 0 Å². The van der Waals surface area contributed by atoms with E-state index in [0.29, 0.717) is 6.61 Å². The zero-order valence-corrected chi connectivity index (χ0v) is 10.2. The number of rotatable bonds is 8. The number of hydrogen-bond donors (Lipinski definition) is 2. The zero-order chi connectivity index (χ0) is 11.6. The van der Waals surface area contributed by atoms with Crippen molar-refractivity contribution in [3.05, 3.63) is 29.8 Å². The summed E-state index contributed by atoms with van der Waals surface area (Å²) in [5.74, 6) is 0. The lowest BCUT2D eigenvalue weighted by Gasteiger charge is -2.07. The van der Waals surface area contributed by atoms with Gasteiger partial charge in [-0.15, -0.1) is 0 Å². The van der Waals surface area contributed by atoms with Crippen molar-refractivity contribution in [2.75, 3.05) is 18.5 Å². The minimum Gasteiger partial charge on any atom is -0.396 e. The predicted octanol–water partition coefficient (Wildman–Crippen LogP) is 3.21. The second-order valence-electron chi connectivity index (χ2n) is 4.16. The Bertz CT molecular complexity index is 286. The lowest BCUT2D eigenvalue weighted by atomic mass is 10.1. The maximum absolute atomic E-state index is 8.66. The molecule has 0 aliphatic heterocycles. The van der Waals surface area contributed by atoms with Gasteiger partial charge in [0.1, 0.15) is 0 Å². The second kappa shape index (κ2) is 8.17. The Kier molecular flexibility index (Phi) is 6.66. The van der Waals surface area contributed by atoms with Crippen molar-refractivity contribution in [3.8, 4) is 0 Å². The number of aliphatic hydroxyl groups is 1. The van der Waals surface area contributed by atoms with Crippen LogP contribution in [-0.4, -0.2) is 18.3 Å². The van der Waals surface area contributed by atoms with Crippen LogP contribution in [0, 0.1) is 0 Å². The van der Waals surface area contributed by atoms with Gasteiger partial charge in [0.15, 0.2) is 0 Å². The first-order valence-corrected chi connectivity index (χ1v) is 6.30. The number of unbranched alkanes of at least 4 members (excludes halogenated alkanes) is 2. The van der Waals surface area contributed by atoms with Crippen LogP contribution in [-0.2, 0) is 6.42 Å². The third kappa shape index (κ3) is 5.17. The van der Waals surface area contributed by atoms with Crippen LogP contribution in [0.15, 0.2) is 24.3 Å². The summed E-state index contributed by atoms with van der Waals surface area (Å²) in [5, 5.41) is 12.1. The molecule has 1 rings (SSSR count). The van der Waals surface area contributed by atoms with E-state index in [2.05, 4.69) is 36.5 Å². The van der Waals surface area contributed by atoms with E-state index >= 15 is 0 Å². The van der Waals surface area contributed by atoms with Crippen molar-refractivity contribution < 1.29 is 5.11 Å². The van der Waals surface area contributed by atoms with Gasteiger partial charge in [0, 0.05) is 18.8 Å². The fraction of sp³-hybridized carbons (Fsp3) is 0.571. The van der Waals surface area contributed by atoms with Crippen molar-refractivity contribution in [3.63, 3.8) is 0 Å². The van der Waals surface area contributed by atoms with Crippen LogP contribution in [0.4, 0.5) is 5.69 Å². The first kappa shape index (κ1) is 13.0. The highest BCUT2D eigenvalue weighted by molar-refractivity contribution is 5.45. The van der Waals surface area contributed by atoms with Gasteiger partial charge in [-0.05, 0) is 43.4 Å².